The first kappa shape index (κ1) is 25.2. The normalized spacial score (nSPS) is 12.2. The number of hydrogen-bond donors (Lipinski definition) is 3. The van der Waals surface area contributed by atoms with Gasteiger partial charge in [-0.05, 0) is 48.9 Å². The minimum atomic E-state index is -1.12. The van der Waals surface area contributed by atoms with Crippen molar-refractivity contribution in [3.63, 3.8) is 0 Å². The summed E-state index contributed by atoms with van der Waals surface area (Å²) in [6.45, 7) is 1.95. The molecular weight excluding hydrogens is 535 g/mol. The predicted octanol–water partition coefficient (Wildman–Crippen LogP) is 5.43. The van der Waals surface area contributed by atoms with Crippen LogP contribution in [0.4, 0.5) is 15.0 Å². The molecule has 0 radical (unpaired) electrons. The Balaban J connectivity index is 1.56. The molecule has 0 aliphatic rings. The number of nitrogens with one attached hydrogen (secondary N) is 1. The van der Waals surface area contributed by atoms with Gasteiger partial charge in [0.1, 0.15) is 41.0 Å². The van der Waals surface area contributed by atoms with Gasteiger partial charge in [0.15, 0.2) is 5.65 Å². The highest BCUT2D eigenvalue weighted by Crippen LogP contribution is 2.38. The summed E-state index contributed by atoms with van der Waals surface area (Å²) in [6, 6.07) is 15.6. The van der Waals surface area contributed by atoms with Crippen molar-refractivity contribution in [1.82, 2.24) is 25.1 Å². The van der Waals surface area contributed by atoms with E-state index in [1.54, 1.807) is 48.0 Å². The summed E-state index contributed by atoms with van der Waals surface area (Å²) in [5.41, 5.74) is 7.88. The average Bonchev–Trinajstić information content (AvgIpc) is 3.57. The fourth-order valence-corrected chi connectivity index (χ4v) is 5.62. The monoisotopic (exact) mass is 556 g/mol. The lowest BCUT2D eigenvalue weighted by molar-refractivity contribution is 0.194. The Morgan fingerprint density at radius 2 is 2.00 bits per heavy atom. The van der Waals surface area contributed by atoms with E-state index >= 15 is 0 Å². The molecule has 0 saturated heterocycles. The lowest BCUT2D eigenvalue weighted by atomic mass is 9.99. The maximum atomic E-state index is 14.3. The van der Waals surface area contributed by atoms with Crippen molar-refractivity contribution in [3.8, 4) is 21.7 Å². The Labute approximate surface area is 229 Å². The number of carbonyl (C=O) groups is 1. The highest BCUT2D eigenvalue weighted by molar-refractivity contribution is 7.15. The quantitative estimate of drug-likeness (QED) is 0.246. The van der Waals surface area contributed by atoms with Crippen LogP contribution in [0.3, 0.4) is 0 Å². The van der Waals surface area contributed by atoms with Crippen LogP contribution in [0.2, 0.25) is 0 Å². The van der Waals surface area contributed by atoms with E-state index in [1.165, 1.54) is 35.9 Å². The molecule has 4 heterocycles. The number of amides is 1. The molecule has 1 unspecified atom stereocenters. The Kier molecular flexibility index (Phi) is 6.23. The van der Waals surface area contributed by atoms with Gasteiger partial charge in [-0.15, -0.1) is 11.3 Å². The van der Waals surface area contributed by atoms with Gasteiger partial charge in [-0.2, -0.15) is 5.10 Å². The molecule has 0 aliphatic heterocycles. The van der Waals surface area contributed by atoms with Gasteiger partial charge in [-0.1, -0.05) is 24.3 Å². The lowest BCUT2D eigenvalue weighted by Gasteiger charge is -2.17. The Morgan fingerprint density at radius 1 is 1.18 bits per heavy atom. The molecule has 4 N–H and O–H groups in total. The third-order valence-electron chi connectivity index (χ3n) is 6.51. The molecule has 4 aromatic heterocycles. The van der Waals surface area contributed by atoms with E-state index in [4.69, 9.17) is 20.4 Å². The molecule has 6 aromatic rings. The molecule has 0 spiro atoms. The Hall–Kier alpha value is -5.10. The Bertz CT molecular complexity index is 1980. The van der Waals surface area contributed by atoms with Crippen molar-refractivity contribution in [2.24, 2.45) is 0 Å². The van der Waals surface area contributed by atoms with Gasteiger partial charge in [0.25, 0.3) is 0 Å². The number of carboxylic acid groups (broad SMARTS) is 1. The molecule has 0 saturated carbocycles. The van der Waals surface area contributed by atoms with Gasteiger partial charge < -0.3 is 20.6 Å². The Morgan fingerprint density at radius 3 is 2.80 bits per heavy atom. The van der Waals surface area contributed by atoms with Crippen LogP contribution in [0, 0.1) is 5.82 Å². The molecule has 10 nitrogen and oxygen atoms in total. The second kappa shape index (κ2) is 9.89. The molecule has 6 rings (SSSR count). The molecule has 0 fully saturated rings. The number of benzene rings is 2. The minimum absolute atomic E-state index is 0.139. The van der Waals surface area contributed by atoms with E-state index in [0.717, 1.165) is 9.75 Å². The van der Waals surface area contributed by atoms with Crippen LogP contribution in [0.1, 0.15) is 23.6 Å². The number of nitrogen functional groups attached to an aromatic ring is 1. The van der Waals surface area contributed by atoms with E-state index in [2.05, 4.69) is 15.3 Å². The van der Waals surface area contributed by atoms with E-state index in [9.17, 15) is 14.0 Å². The fraction of sp³-hybridized carbons (Fsp3) is 0.107. The molecule has 40 heavy (non-hydrogen) atoms. The molecule has 12 heteroatoms. The summed E-state index contributed by atoms with van der Waals surface area (Å²) in [5, 5.41) is 17.0. The SMILES string of the molecule is CC(c1oc2ccccc2c(=O)c1-c1cccc(F)c1)n1nc(-c2ccc(CNC(=O)O)s2)c2c(N)ncnc21. The topological polar surface area (TPSA) is 149 Å². The predicted molar refractivity (Wildman–Crippen MR) is 150 cm³/mol. The summed E-state index contributed by atoms with van der Waals surface area (Å²) in [6.07, 6.45) is 0.203. The smallest absolute Gasteiger partial charge is 0.404 e. The lowest BCUT2D eigenvalue weighted by Crippen LogP contribution is -2.19. The second-order valence-corrected chi connectivity index (χ2v) is 10.2. The molecule has 1 atom stereocenters. The number of nitrogens with zero attached hydrogens (tertiary/aromatic N) is 4. The molecule has 0 bridgehead atoms. The number of fused-ring (bicyclic) bond motifs is 2. The summed E-state index contributed by atoms with van der Waals surface area (Å²) in [5.74, 6) is 0.00392. The van der Waals surface area contributed by atoms with Crippen molar-refractivity contribution in [2.45, 2.75) is 19.5 Å². The van der Waals surface area contributed by atoms with E-state index in [-0.39, 0.29) is 29.1 Å². The average molecular weight is 557 g/mol. The van der Waals surface area contributed by atoms with Gasteiger partial charge in [-0.3, -0.25) is 4.79 Å². The first-order valence-corrected chi connectivity index (χ1v) is 13.0. The first-order chi connectivity index (χ1) is 19.3. The fourth-order valence-electron chi connectivity index (χ4n) is 4.68. The zero-order valence-electron chi connectivity index (χ0n) is 21.0. The third-order valence-corrected chi connectivity index (χ3v) is 7.60. The van der Waals surface area contributed by atoms with Gasteiger partial charge in [0.05, 0.1) is 27.8 Å². The standard InChI is InChI=1S/C28H21FN6O4S/c1-14(25-21(15-5-4-6-16(29)11-15)24(36)18-7-2-3-8-19(18)39-25)35-27-22(26(30)32-13-33-27)23(34-35)20-10-9-17(40-20)12-31-28(37)38/h2-11,13-14,31H,12H2,1H3,(H,37,38)(H2,30,32,33). The van der Waals surface area contributed by atoms with Gasteiger partial charge in [0, 0.05) is 4.88 Å². The second-order valence-electron chi connectivity index (χ2n) is 9.03. The number of aromatic nitrogens is 4. The van der Waals surface area contributed by atoms with E-state index in [1.807, 2.05) is 6.07 Å². The van der Waals surface area contributed by atoms with E-state index in [0.29, 0.717) is 33.3 Å². The van der Waals surface area contributed by atoms with Crippen molar-refractivity contribution >= 4 is 45.3 Å². The zero-order chi connectivity index (χ0) is 28.0. The van der Waals surface area contributed by atoms with Gasteiger partial charge in [0.2, 0.25) is 5.43 Å². The molecule has 2 aromatic carbocycles. The molecule has 0 aliphatic carbocycles. The number of anilines is 1. The highest BCUT2D eigenvalue weighted by atomic mass is 32.1. The van der Waals surface area contributed by atoms with Crippen LogP contribution >= 0.6 is 11.3 Å². The van der Waals surface area contributed by atoms with Crippen molar-refractivity contribution < 1.29 is 18.7 Å². The van der Waals surface area contributed by atoms with Crippen LogP contribution in [-0.4, -0.2) is 30.9 Å². The largest absolute Gasteiger partial charge is 0.465 e. The van der Waals surface area contributed by atoms with Crippen LogP contribution in [0.15, 0.2) is 76.2 Å². The number of thiophene rings is 1. The maximum Gasteiger partial charge on any atom is 0.404 e. The number of halogens is 1. The van der Waals surface area contributed by atoms with Crippen LogP contribution < -0.4 is 16.5 Å². The van der Waals surface area contributed by atoms with Crippen LogP contribution in [-0.2, 0) is 6.54 Å². The number of para-hydroxylation sites is 1. The van der Waals surface area contributed by atoms with Gasteiger partial charge in [-0.25, -0.2) is 23.8 Å². The molecule has 1 amide bonds. The minimum Gasteiger partial charge on any atom is -0.465 e. The summed E-state index contributed by atoms with van der Waals surface area (Å²) in [4.78, 5) is 34.8. The third kappa shape index (κ3) is 4.33. The van der Waals surface area contributed by atoms with Crippen LogP contribution in [0.25, 0.3) is 43.7 Å². The number of rotatable bonds is 6. The van der Waals surface area contributed by atoms with Crippen molar-refractivity contribution in [2.75, 3.05) is 5.73 Å². The van der Waals surface area contributed by atoms with Gasteiger partial charge >= 0.3 is 6.09 Å². The highest BCUT2D eigenvalue weighted by Gasteiger charge is 2.27. The number of hydrogen-bond acceptors (Lipinski definition) is 8. The zero-order valence-corrected chi connectivity index (χ0v) is 21.8. The summed E-state index contributed by atoms with van der Waals surface area (Å²) >= 11 is 1.35. The maximum absolute atomic E-state index is 14.3. The van der Waals surface area contributed by atoms with E-state index < -0.39 is 18.0 Å². The van der Waals surface area contributed by atoms with Crippen molar-refractivity contribution in [3.05, 3.63) is 93.7 Å². The molecular formula is C28H21FN6O4S. The van der Waals surface area contributed by atoms with Crippen LogP contribution in [0.5, 0.6) is 0 Å². The number of nitrogens with two attached hydrogens (primary N) is 1. The first-order valence-electron chi connectivity index (χ1n) is 12.2. The summed E-state index contributed by atoms with van der Waals surface area (Å²) < 4.78 is 22.2. The van der Waals surface area contributed by atoms with Crippen molar-refractivity contribution in [1.29, 1.82) is 0 Å². The summed E-state index contributed by atoms with van der Waals surface area (Å²) in [7, 11) is 0. The molecule has 200 valence electrons.